The largest absolute Gasteiger partial charge is 0.451 e. The van der Waals surface area contributed by atoms with E-state index in [0.717, 1.165) is 5.56 Å². The van der Waals surface area contributed by atoms with Crippen LogP contribution in [0.2, 0.25) is 5.02 Å². The van der Waals surface area contributed by atoms with Gasteiger partial charge in [0.25, 0.3) is 0 Å². The normalized spacial score (nSPS) is 12.6. The van der Waals surface area contributed by atoms with Crippen LogP contribution >= 0.6 is 11.6 Å². The molecule has 8 heteroatoms. The zero-order chi connectivity index (χ0) is 21.8. The highest BCUT2D eigenvalue weighted by Crippen LogP contribution is 2.26. The molecule has 0 fully saturated rings. The highest BCUT2D eigenvalue weighted by Gasteiger charge is 2.27. The third-order valence-corrected chi connectivity index (χ3v) is 7.01. The molecule has 0 heterocycles. The number of rotatable bonds is 8. The Morgan fingerprint density at radius 1 is 1.03 bits per heavy atom. The molecule has 0 aliphatic carbocycles. The summed E-state index contributed by atoms with van der Waals surface area (Å²) in [5.41, 5.74) is 1.44. The Labute approximate surface area is 176 Å². The molecule has 0 saturated carbocycles. The Balaban J connectivity index is 2.25. The molecule has 0 spiro atoms. The summed E-state index contributed by atoms with van der Waals surface area (Å²) in [5.74, 6) is -1.14. The number of aryl methyl sites for hydroxylation is 1. The molecule has 0 N–H and O–H groups in total. The van der Waals surface area contributed by atoms with Crippen LogP contribution in [0.5, 0.6) is 0 Å². The molecule has 1 unspecified atom stereocenters. The van der Waals surface area contributed by atoms with Gasteiger partial charge in [0.2, 0.25) is 15.8 Å². The second kappa shape index (κ2) is 9.52. The molecule has 0 saturated heterocycles. The number of ether oxygens (including phenoxy) is 1. The number of carbonyl (C=O) groups excluding carboxylic acids is 2. The Kier molecular flexibility index (Phi) is 7.57. The molecule has 0 aliphatic heterocycles. The maximum absolute atomic E-state index is 12.8. The summed E-state index contributed by atoms with van der Waals surface area (Å²) in [5, 5.41) is 0.0113. The van der Waals surface area contributed by atoms with E-state index in [0.29, 0.717) is 5.56 Å². The van der Waals surface area contributed by atoms with E-state index in [4.69, 9.17) is 16.3 Å². The summed E-state index contributed by atoms with van der Waals surface area (Å²) in [4.78, 5) is 24.8. The highest BCUT2D eigenvalue weighted by atomic mass is 35.5. The molecule has 2 aromatic rings. The lowest BCUT2D eigenvalue weighted by molar-refractivity contribution is 0.0318. The number of carbonyl (C=O) groups is 2. The number of ketones is 1. The van der Waals surface area contributed by atoms with Crippen molar-refractivity contribution in [3.8, 4) is 0 Å². The van der Waals surface area contributed by atoms with Crippen LogP contribution in [0.3, 0.4) is 0 Å². The van der Waals surface area contributed by atoms with E-state index in [1.165, 1.54) is 29.4 Å². The van der Waals surface area contributed by atoms with Crippen LogP contribution in [-0.4, -0.2) is 43.7 Å². The van der Waals surface area contributed by atoms with E-state index < -0.39 is 22.1 Å². The maximum atomic E-state index is 12.8. The van der Waals surface area contributed by atoms with Crippen molar-refractivity contribution < 1.29 is 22.7 Å². The Morgan fingerprint density at radius 3 is 2.14 bits per heavy atom. The molecular formula is C21H24ClNO5S. The minimum absolute atomic E-state index is 0.00341. The average Bonchev–Trinajstić information content (AvgIpc) is 2.68. The monoisotopic (exact) mass is 437 g/mol. The summed E-state index contributed by atoms with van der Waals surface area (Å²) < 4.78 is 32.0. The molecule has 156 valence electrons. The number of benzene rings is 2. The molecule has 0 aromatic heterocycles. The Morgan fingerprint density at radius 2 is 1.59 bits per heavy atom. The second-order valence-corrected chi connectivity index (χ2v) is 8.83. The standard InChI is InChI=1S/C21H24ClNO5S/c1-5-23(6-2)29(26,27)19-13-17(11-12-18(19)22)21(25)28-15(4)20(24)16-9-7-14(3)8-10-16/h7-13,15H,5-6H2,1-4H3. The lowest BCUT2D eigenvalue weighted by Crippen LogP contribution is -2.31. The van der Waals surface area contributed by atoms with Crippen LogP contribution in [-0.2, 0) is 14.8 Å². The van der Waals surface area contributed by atoms with E-state index in [1.54, 1.807) is 38.1 Å². The van der Waals surface area contributed by atoms with Crippen LogP contribution in [0.15, 0.2) is 47.4 Å². The third-order valence-electron chi connectivity index (χ3n) is 4.48. The van der Waals surface area contributed by atoms with Crippen molar-refractivity contribution in [2.45, 2.75) is 38.7 Å². The van der Waals surface area contributed by atoms with E-state index in [-0.39, 0.29) is 34.4 Å². The van der Waals surface area contributed by atoms with Gasteiger partial charge in [-0.15, -0.1) is 0 Å². The van der Waals surface area contributed by atoms with Crippen LogP contribution in [0.25, 0.3) is 0 Å². The molecule has 0 radical (unpaired) electrons. The fourth-order valence-corrected chi connectivity index (χ4v) is 4.72. The van der Waals surface area contributed by atoms with Crippen molar-refractivity contribution in [3.05, 3.63) is 64.2 Å². The molecule has 1 atom stereocenters. The zero-order valence-corrected chi connectivity index (χ0v) is 18.4. The minimum Gasteiger partial charge on any atom is -0.451 e. The number of nitrogens with zero attached hydrogens (tertiary/aromatic N) is 1. The van der Waals surface area contributed by atoms with Gasteiger partial charge in [0.1, 0.15) is 4.90 Å². The van der Waals surface area contributed by atoms with Crippen molar-refractivity contribution in [2.24, 2.45) is 0 Å². The van der Waals surface area contributed by atoms with Gasteiger partial charge < -0.3 is 4.74 Å². The van der Waals surface area contributed by atoms with Crippen molar-refractivity contribution in [1.29, 1.82) is 0 Å². The number of hydrogen-bond acceptors (Lipinski definition) is 5. The summed E-state index contributed by atoms with van der Waals surface area (Å²) in [6.45, 7) is 7.35. The second-order valence-electron chi connectivity index (χ2n) is 6.51. The zero-order valence-electron chi connectivity index (χ0n) is 16.8. The summed E-state index contributed by atoms with van der Waals surface area (Å²) in [6.07, 6.45) is -1.02. The number of halogens is 1. The molecule has 0 aliphatic rings. The van der Waals surface area contributed by atoms with Gasteiger partial charge in [0.05, 0.1) is 10.6 Å². The first-order chi connectivity index (χ1) is 13.6. The van der Waals surface area contributed by atoms with Crippen LogP contribution in [0, 0.1) is 6.92 Å². The molecule has 0 amide bonds. The molecule has 2 aromatic carbocycles. The highest BCUT2D eigenvalue weighted by molar-refractivity contribution is 7.89. The average molecular weight is 438 g/mol. The smallest absolute Gasteiger partial charge is 0.338 e. The predicted octanol–water partition coefficient (Wildman–Crippen LogP) is 4.11. The van der Waals surface area contributed by atoms with Crippen LogP contribution in [0.4, 0.5) is 0 Å². The van der Waals surface area contributed by atoms with Gasteiger partial charge in [0, 0.05) is 18.7 Å². The number of sulfonamides is 1. The summed E-state index contributed by atoms with van der Waals surface area (Å²) in [7, 11) is -3.85. The summed E-state index contributed by atoms with van der Waals surface area (Å²) >= 11 is 6.08. The quantitative estimate of drug-likeness (QED) is 0.458. The number of hydrogen-bond donors (Lipinski definition) is 0. The first kappa shape index (κ1) is 23.1. The van der Waals surface area contributed by atoms with E-state index in [1.807, 2.05) is 6.92 Å². The maximum Gasteiger partial charge on any atom is 0.338 e. The van der Waals surface area contributed by atoms with E-state index in [2.05, 4.69) is 0 Å². The molecule has 6 nitrogen and oxygen atoms in total. The first-order valence-electron chi connectivity index (χ1n) is 9.23. The third kappa shape index (κ3) is 5.23. The van der Waals surface area contributed by atoms with Crippen molar-refractivity contribution in [3.63, 3.8) is 0 Å². The Hall–Kier alpha value is -2.22. The molecule has 0 bridgehead atoms. The van der Waals surface area contributed by atoms with Crippen molar-refractivity contribution in [1.82, 2.24) is 4.31 Å². The van der Waals surface area contributed by atoms with Gasteiger partial charge in [-0.05, 0) is 32.0 Å². The Bertz CT molecular complexity index is 998. The first-order valence-corrected chi connectivity index (χ1v) is 11.0. The van der Waals surface area contributed by atoms with Gasteiger partial charge in [-0.25, -0.2) is 13.2 Å². The van der Waals surface area contributed by atoms with Gasteiger partial charge in [0.15, 0.2) is 6.10 Å². The molecule has 2 rings (SSSR count). The van der Waals surface area contributed by atoms with Gasteiger partial charge in [-0.3, -0.25) is 4.79 Å². The van der Waals surface area contributed by atoms with Crippen molar-refractivity contribution in [2.75, 3.05) is 13.1 Å². The SMILES string of the molecule is CCN(CC)S(=O)(=O)c1cc(C(=O)OC(C)C(=O)c2ccc(C)cc2)ccc1Cl. The van der Waals surface area contributed by atoms with Crippen molar-refractivity contribution >= 4 is 33.4 Å². The minimum atomic E-state index is -3.85. The van der Waals surface area contributed by atoms with Gasteiger partial charge in [-0.2, -0.15) is 4.31 Å². The van der Waals surface area contributed by atoms with E-state index >= 15 is 0 Å². The van der Waals surface area contributed by atoms with Crippen LogP contribution < -0.4 is 0 Å². The fourth-order valence-electron chi connectivity index (χ4n) is 2.77. The lowest BCUT2D eigenvalue weighted by Gasteiger charge is -2.19. The van der Waals surface area contributed by atoms with E-state index in [9.17, 15) is 18.0 Å². The lowest BCUT2D eigenvalue weighted by atomic mass is 10.1. The topological polar surface area (TPSA) is 80.8 Å². The van der Waals surface area contributed by atoms with Gasteiger partial charge >= 0.3 is 5.97 Å². The molecule has 29 heavy (non-hydrogen) atoms. The van der Waals surface area contributed by atoms with Crippen LogP contribution in [0.1, 0.15) is 47.1 Å². The number of Topliss-reactive ketones (excluding diaryl/α,β-unsaturated/α-hetero) is 1. The number of esters is 1. The molecular weight excluding hydrogens is 414 g/mol. The summed E-state index contributed by atoms with van der Waals surface area (Å²) in [6, 6.07) is 10.8. The predicted molar refractivity (Wildman–Crippen MR) is 112 cm³/mol. The fraction of sp³-hybridized carbons (Fsp3) is 0.333. The van der Waals surface area contributed by atoms with Gasteiger partial charge in [-0.1, -0.05) is 55.3 Å².